The van der Waals surface area contributed by atoms with E-state index in [0.717, 1.165) is 27.8 Å². The van der Waals surface area contributed by atoms with Crippen molar-refractivity contribution in [3.8, 4) is 0 Å². The fourth-order valence-corrected chi connectivity index (χ4v) is 3.43. The smallest absolute Gasteiger partial charge is 0.337 e. The first kappa shape index (κ1) is 17.0. The summed E-state index contributed by atoms with van der Waals surface area (Å²) in [5.74, 6) is -1.52. The lowest BCUT2D eigenvalue weighted by Crippen LogP contribution is -2.34. The minimum Gasteiger partial charge on any atom is -0.478 e. The number of aryl methyl sites for hydroxylation is 2. The van der Waals surface area contributed by atoms with Gasteiger partial charge in [-0.05, 0) is 61.0 Å². The molecular formula is C18H16N2O4S. The Morgan fingerprint density at radius 1 is 1.12 bits per heavy atom. The first-order chi connectivity index (χ1) is 11.9. The highest BCUT2D eigenvalue weighted by atomic mass is 32.2. The van der Waals surface area contributed by atoms with Crippen LogP contribution in [0.1, 0.15) is 21.5 Å². The zero-order chi connectivity index (χ0) is 18.1. The summed E-state index contributed by atoms with van der Waals surface area (Å²) in [5.41, 5.74) is 2.92. The minimum absolute atomic E-state index is 0.0491. The molecule has 2 amide bonds. The third kappa shape index (κ3) is 3.23. The molecule has 0 aromatic heterocycles. The second-order valence-corrected chi connectivity index (χ2v) is 6.76. The summed E-state index contributed by atoms with van der Waals surface area (Å²) < 4.78 is 0. The molecule has 6 nitrogen and oxygen atoms in total. The van der Waals surface area contributed by atoms with Crippen LogP contribution < -0.4 is 10.2 Å². The maximum absolute atomic E-state index is 12.7. The van der Waals surface area contributed by atoms with Gasteiger partial charge >= 0.3 is 5.97 Å². The molecule has 128 valence electrons. The van der Waals surface area contributed by atoms with Gasteiger partial charge in [-0.15, -0.1) is 0 Å². The number of nitrogens with zero attached hydrogens (tertiary/aromatic N) is 1. The summed E-state index contributed by atoms with van der Waals surface area (Å²) >= 11 is 0.835. The zero-order valence-corrected chi connectivity index (χ0v) is 14.5. The predicted molar refractivity (Wildman–Crippen MR) is 97.2 cm³/mol. The normalized spacial score (nSPS) is 17.0. The number of rotatable bonds is 4. The van der Waals surface area contributed by atoms with E-state index in [1.807, 2.05) is 19.9 Å². The van der Waals surface area contributed by atoms with Gasteiger partial charge in [-0.2, -0.15) is 0 Å². The Balaban J connectivity index is 1.87. The predicted octanol–water partition coefficient (Wildman–Crippen LogP) is 3.64. The Morgan fingerprint density at radius 3 is 2.52 bits per heavy atom. The van der Waals surface area contributed by atoms with Crippen LogP contribution in [-0.4, -0.2) is 27.6 Å². The van der Waals surface area contributed by atoms with Gasteiger partial charge in [0.05, 0.1) is 11.3 Å². The number of para-hydroxylation sites is 1. The summed E-state index contributed by atoms with van der Waals surface area (Å²) in [6.07, 6.45) is 0. The van der Waals surface area contributed by atoms with Crippen molar-refractivity contribution in [3.05, 3.63) is 59.2 Å². The average Bonchev–Trinajstić information content (AvgIpc) is 2.84. The van der Waals surface area contributed by atoms with Crippen LogP contribution in [0.15, 0.2) is 42.5 Å². The van der Waals surface area contributed by atoms with E-state index in [1.54, 1.807) is 30.3 Å². The molecule has 7 heteroatoms. The molecule has 0 unspecified atom stereocenters. The maximum atomic E-state index is 12.7. The molecule has 2 aromatic rings. The number of carboxylic acid groups (broad SMARTS) is 1. The number of amides is 2. The number of imide groups is 1. The van der Waals surface area contributed by atoms with E-state index in [0.29, 0.717) is 11.4 Å². The van der Waals surface area contributed by atoms with Gasteiger partial charge in [0.15, 0.2) is 5.37 Å². The van der Waals surface area contributed by atoms with Gasteiger partial charge < -0.3 is 10.4 Å². The highest BCUT2D eigenvalue weighted by Crippen LogP contribution is 2.33. The Kier molecular flexibility index (Phi) is 4.50. The van der Waals surface area contributed by atoms with Crippen LogP contribution in [0.25, 0.3) is 0 Å². The standard InChI is InChI=1S/C18H16N2O4S/c1-10-7-8-12(9-11(10)2)20-16(21)15(25-18(20)24)19-14-6-4-3-5-13(14)17(22)23/h3-9,15,19H,1-2H3,(H,22,23)/t15-/m0/s1. The van der Waals surface area contributed by atoms with Crippen LogP contribution in [0.3, 0.4) is 0 Å². The third-order valence-electron chi connectivity index (χ3n) is 4.04. The lowest BCUT2D eigenvalue weighted by Gasteiger charge is -2.16. The molecule has 1 fully saturated rings. The SMILES string of the molecule is Cc1ccc(N2C(=O)S[C@H](Nc3ccccc3C(=O)O)C2=O)cc1C. The molecule has 25 heavy (non-hydrogen) atoms. The number of aromatic carboxylic acids is 1. The highest BCUT2D eigenvalue weighted by Gasteiger charge is 2.41. The van der Waals surface area contributed by atoms with Crippen LogP contribution >= 0.6 is 11.8 Å². The maximum Gasteiger partial charge on any atom is 0.337 e. The van der Waals surface area contributed by atoms with E-state index in [1.165, 1.54) is 6.07 Å². The quantitative estimate of drug-likeness (QED) is 0.870. The van der Waals surface area contributed by atoms with Crippen molar-refractivity contribution in [1.29, 1.82) is 0 Å². The molecule has 0 aliphatic carbocycles. The number of nitrogens with one attached hydrogen (secondary N) is 1. The fraction of sp³-hybridized carbons (Fsp3) is 0.167. The van der Waals surface area contributed by atoms with E-state index >= 15 is 0 Å². The molecule has 2 aromatic carbocycles. The van der Waals surface area contributed by atoms with Gasteiger partial charge in [0.2, 0.25) is 0 Å². The van der Waals surface area contributed by atoms with Crippen molar-refractivity contribution >= 4 is 40.3 Å². The first-order valence-electron chi connectivity index (χ1n) is 7.59. The topological polar surface area (TPSA) is 86.7 Å². The number of carboxylic acids is 1. The van der Waals surface area contributed by atoms with Gasteiger partial charge in [-0.3, -0.25) is 9.59 Å². The van der Waals surface area contributed by atoms with E-state index < -0.39 is 22.5 Å². The Bertz CT molecular complexity index is 881. The molecule has 1 atom stereocenters. The second kappa shape index (κ2) is 6.60. The fourth-order valence-electron chi connectivity index (χ4n) is 2.54. The molecule has 2 N–H and O–H groups in total. The van der Waals surface area contributed by atoms with E-state index in [4.69, 9.17) is 0 Å². The van der Waals surface area contributed by atoms with Crippen LogP contribution in [0.4, 0.5) is 16.2 Å². The molecule has 1 aliphatic rings. The summed E-state index contributed by atoms with van der Waals surface area (Å²) in [5, 5.41) is 10.8. The Labute approximate surface area is 148 Å². The van der Waals surface area contributed by atoms with Gasteiger partial charge in [-0.25, -0.2) is 9.69 Å². The van der Waals surface area contributed by atoms with Crippen molar-refractivity contribution in [3.63, 3.8) is 0 Å². The largest absolute Gasteiger partial charge is 0.478 e. The van der Waals surface area contributed by atoms with Crippen molar-refractivity contribution in [2.75, 3.05) is 10.2 Å². The molecule has 0 saturated carbocycles. The first-order valence-corrected chi connectivity index (χ1v) is 8.47. The number of anilines is 2. The van der Waals surface area contributed by atoms with Gasteiger partial charge in [0.1, 0.15) is 0 Å². The molecule has 0 radical (unpaired) electrons. The van der Waals surface area contributed by atoms with E-state index in [2.05, 4.69) is 5.32 Å². The molecule has 3 rings (SSSR count). The molecule has 0 bridgehead atoms. The average molecular weight is 356 g/mol. The molecule has 1 heterocycles. The lowest BCUT2D eigenvalue weighted by molar-refractivity contribution is -0.116. The summed E-state index contributed by atoms with van der Waals surface area (Å²) in [7, 11) is 0. The number of carbonyl (C=O) groups is 3. The lowest BCUT2D eigenvalue weighted by atomic mass is 10.1. The van der Waals surface area contributed by atoms with Gasteiger partial charge in [-0.1, -0.05) is 18.2 Å². The van der Waals surface area contributed by atoms with Crippen LogP contribution in [0.2, 0.25) is 0 Å². The van der Waals surface area contributed by atoms with Crippen molar-refractivity contribution in [1.82, 2.24) is 0 Å². The van der Waals surface area contributed by atoms with Crippen LogP contribution in [0, 0.1) is 13.8 Å². The Hall–Kier alpha value is -2.80. The molecule has 0 spiro atoms. The summed E-state index contributed by atoms with van der Waals surface area (Å²) in [6, 6.07) is 11.7. The monoisotopic (exact) mass is 356 g/mol. The van der Waals surface area contributed by atoms with Crippen LogP contribution in [-0.2, 0) is 4.79 Å². The van der Waals surface area contributed by atoms with Crippen LogP contribution in [0.5, 0.6) is 0 Å². The third-order valence-corrected chi connectivity index (χ3v) is 4.98. The summed E-state index contributed by atoms with van der Waals surface area (Å²) in [4.78, 5) is 37.4. The molecule has 1 aliphatic heterocycles. The van der Waals surface area contributed by atoms with Crippen molar-refractivity contribution < 1.29 is 19.5 Å². The number of benzene rings is 2. The molecule has 1 saturated heterocycles. The minimum atomic E-state index is -1.10. The second-order valence-electron chi connectivity index (χ2n) is 5.70. The number of carbonyl (C=O) groups excluding carboxylic acids is 2. The van der Waals surface area contributed by atoms with Gasteiger partial charge in [0.25, 0.3) is 11.1 Å². The number of hydrogen-bond donors (Lipinski definition) is 2. The number of hydrogen-bond acceptors (Lipinski definition) is 5. The highest BCUT2D eigenvalue weighted by molar-refractivity contribution is 8.16. The molecular weight excluding hydrogens is 340 g/mol. The van der Waals surface area contributed by atoms with Gasteiger partial charge in [0, 0.05) is 5.69 Å². The zero-order valence-electron chi connectivity index (χ0n) is 13.6. The van der Waals surface area contributed by atoms with E-state index in [-0.39, 0.29) is 5.56 Å². The Morgan fingerprint density at radius 2 is 1.84 bits per heavy atom. The van der Waals surface area contributed by atoms with Crippen molar-refractivity contribution in [2.24, 2.45) is 0 Å². The summed E-state index contributed by atoms with van der Waals surface area (Å²) in [6.45, 7) is 3.87. The van der Waals surface area contributed by atoms with Crippen molar-refractivity contribution in [2.45, 2.75) is 19.2 Å². The van der Waals surface area contributed by atoms with E-state index in [9.17, 15) is 19.5 Å². The number of thioether (sulfide) groups is 1.